The lowest BCUT2D eigenvalue weighted by Crippen LogP contribution is -2.56. The van der Waals surface area contributed by atoms with Crippen LogP contribution in [-0.4, -0.2) is 22.8 Å². The molecule has 132 valence electrons. The van der Waals surface area contributed by atoms with Crippen molar-refractivity contribution in [3.8, 4) is 0 Å². The highest BCUT2D eigenvalue weighted by atomic mass is 16.3. The Labute approximate surface area is 144 Å². The molecule has 0 unspecified atom stereocenters. The summed E-state index contributed by atoms with van der Waals surface area (Å²) in [5.74, 6) is 2.23. The molecule has 3 fully saturated rings. The van der Waals surface area contributed by atoms with Crippen LogP contribution in [0.25, 0.3) is 0 Å². The van der Waals surface area contributed by atoms with Gasteiger partial charge in [-0.2, -0.15) is 0 Å². The number of Topliss-reactive ketones (excluding diaryl/α,β-unsaturated/α-hetero) is 2. The third-order valence-corrected chi connectivity index (χ3v) is 8.48. The molecule has 0 heterocycles. The first-order valence-corrected chi connectivity index (χ1v) is 9.71. The number of rotatable bonds is 1. The first-order valence-electron chi connectivity index (χ1n) is 9.71. The number of aliphatic hydroxyl groups excluding tert-OH is 1. The summed E-state index contributed by atoms with van der Waals surface area (Å²) in [5.41, 5.74) is 0.435. The molecule has 0 amide bonds. The van der Waals surface area contributed by atoms with Gasteiger partial charge >= 0.3 is 0 Å². The van der Waals surface area contributed by atoms with Gasteiger partial charge in [0.15, 0.2) is 5.78 Å². The SMILES string of the molecule is CC(=O)C1=CC[C@H]2[C@@H]3CC[C@H]4C[C@@H](O)CC[C@]4(C)[C@H]3CC(=O)[C@]12C. The number of carbonyl (C=O) groups excluding carboxylic acids is 2. The van der Waals surface area contributed by atoms with E-state index in [-0.39, 0.29) is 17.3 Å². The first kappa shape index (κ1) is 16.5. The number of carbonyl (C=O) groups is 2. The third kappa shape index (κ3) is 2.00. The summed E-state index contributed by atoms with van der Waals surface area (Å²) in [5, 5.41) is 10.1. The van der Waals surface area contributed by atoms with E-state index in [0.717, 1.165) is 37.7 Å². The summed E-state index contributed by atoms with van der Waals surface area (Å²) in [6, 6.07) is 0. The fraction of sp³-hybridized carbons (Fsp3) is 0.810. The highest BCUT2D eigenvalue weighted by molar-refractivity contribution is 6.04. The van der Waals surface area contributed by atoms with E-state index in [0.29, 0.717) is 35.9 Å². The van der Waals surface area contributed by atoms with Crippen molar-refractivity contribution in [3.63, 3.8) is 0 Å². The topological polar surface area (TPSA) is 54.4 Å². The van der Waals surface area contributed by atoms with E-state index in [4.69, 9.17) is 0 Å². The van der Waals surface area contributed by atoms with Crippen molar-refractivity contribution in [2.24, 2.45) is 34.5 Å². The molecule has 3 heteroatoms. The van der Waals surface area contributed by atoms with E-state index in [1.165, 1.54) is 6.42 Å². The van der Waals surface area contributed by atoms with Crippen molar-refractivity contribution in [1.82, 2.24) is 0 Å². The number of hydrogen-bond acceptors (Lipinski definition) is 3. The van der Waals surface area contributed by atoms with Crippen molar-refractivity contribution in [2.75, 3.05) is 0 Å². The fourth-order valence-electron chi connectivity index (χ4n) is 7.06. The average molecular weight is 330 g/mol. The van der Waals surface area contributed by atoms with E-state index in [1.807, 2.05) is 6.92 Å². The quantitative estimate of drug-likeness (QED) is 0.797. The highest BCUT2D eigenvalue weighted by Crippen LogP contribution is 2.65. The number of ketones is 2. The highest BCUT2D eigenvalue weighted by Gasteiger charge is 2.62. The van der Waals surface area contributed by atoms with Crippen LogP contribution < -0.4 is 0 Å². The Balaban J connectivity index is 1.69. The van der Waals surface area contributed by atoms with Crippen LogP contribution in [0.4, 0.5) is 0 Å². The molecule has 0 aromatic rings. The first-order chi connectivity index (χ1) is 11.3. The summed E-state index contributed by atoms with van der Waals surface area (Å²) in [6.07, 6.45) is 8.59. The lowest BCUT2D eigenvalue weighted by Gasteiger charge is -2.60. The molecule has 24 heavy (non-hydrogen) atoms. The molecule has 0 radical (unpaired) electrons. The molecular formula is C21H30O3. The predicted molar refractivity (Wildman–Crippen MR) is 92.3 cm³/mol. The minimum absolute atomic E-state index is 0.0764. The number of hydrogen-bond donors (Lipinski definition) is 1. The van der Waals surface area contributed by atoms with Crippen molar-refractivity contribution in [2.45, 2.75) is 71.8 Å². The van der Waals surface area contributed by atoms with Gasteiger partial charge in [-0.25, -0.2) is 0 Å². The number of allylic oxidation sites excluding steroid dienone is 2. The largest absolute Gasteiger partial charge is 0.393 e. The molecule has 0 saturated heterocycles. The van der Waals surface area contributed by atoms with E-state index in [9.17, 15) is 14.7 Å². The molecule has 4 rings (SSSR count). The number of fused-ring (bicyclic) bond motifs is 5. The Morgan fingerprint density at radius 2 is 1.96 bits per heavy atom. The minimum atomic E-state index is -0.537. The van der Waals surface area contributed by atoms with Crippen molar-refractivity contribution >= 4 is 11.6 Å². The molecule has 4 aliphatic carbocycles. The summed E-state index contributed by atoms with van der Waals surface area (Å²) >= 11 is 0. The average Bonchev–Trinajstić information content (AvgIpc) is 2.88. The molecule has 1 N–H and O–H groups in total. The standard InChI is InChI=1S/C21H30O3/c1-12(22)16-6-7-17-15-5-4-13-10-14(23)8-9-20(13,2)18(15)11-19(24)21(16,17)3/h6,13-15,17-18,23H,4-5,7-11H2,1-3H3/t13-,14-,15-,17-,18-,20-,21+/m0/s1. The van der Waals surface area contributed by atoms with Gasteiger partial charge in [-0.05, 0) is 81.5 Å². The summed E-state index contributed by atoms with van der Waals surface area (Å²) in [4.78, 5) is 25.3. The molecule has 0 spiro atoms. The molecule has 3 saturated carbocycles. The Bertz CT molecular complexity index is 621. The monoisotopic (exact) mass is 330 g/mol. The van der Waals surface area contributed by atoms with Gasteiger partial charge in [0.25, 0.3) is 0 Å². The van der Waals surface area contributed by atoms with E-state index in [1.54, 1.807) is 6.92 Å². The molecular weight excluding hydrogens is 300 g/mol. The lowest BCUT2D eigenvalue weighted by atomic mass is 9.44. The normalized spacial score (nSPS) is 50.6. The second kappa shape index (κ2) is 5.27. The lowest BCUT2D eigenvalue weighted by molar-refractivity contribution is -0.154. The van der Waals surface area contributed by atoms with Gasteiger partial charge in [0.1, 0.15) is 5.78 Å². The maximum Gasteiger partial charge on any atom is 0.156 e. The van der Waals surface area contributed by atoms with Gasteiger partial charge in [0, 0.05) is 12.0 Å². The zero-order chi connectivity index (χ0) is 17.3. The molecule has 0 aromatic heterocycles. The van der Waals surface area contributed by atoms with Crippen LogP contribution in [0.5, 0.6) is 0 Å². The number of aliphatic hydroxyl groups is 1. The Kier molecular flexibility index (Phi) is 3.62. The van der Waals surface area contributed by atoms with Crippen LogP contribution in [-0.2, 0) is 9.59 Å². The second-order valence-electron chi connectivity index (χ2n) is 9.32. The fourth-order valence-corrected chi connectivity index (χ4v) is 7.06. The van der Waals surface area contributed by atoms with Crippen LogP contribution in [0.3, 0.4) is 0 Å². The summed E-state index contributed by atoms with van der Waals surface area (Å²) < 4.78 is 0. The van der Waals surface area contributed by atoms with Gasteiger partial charge < -0.3 is 5.11 Å². The van der Waals surface area contributed by atoms with Crippen molar-refractivity contribution in [1.29, 1.82) is 0 Å². The van der Waals surface area contributed by atoms with Gasteiger partial charge in [0.2, 0.25) is 0 Å². The van der Waals surface area contributed by atoms with Crippen LogP contribution in [0.1, 0.15) is 65.7 Å². The summed E-state index contributed by atoms with van der Waals surface area (Å²) in [7, 11) is 0. The van der Waals surface area contributed by atoms with Crippen LogP contribution >= 0.6 is 0 Å². The zero-order valence-electron chi connectivity index (χ0n) is 15.2. The Morgan fingerprint density at radius 3 is 2.67 bits per heavy atom. The van der Waals surface area contributed by atoms with Crippen molar-refractivity contribution < 1.29 is 14.7 Å². The predicted octanol–water partition coefficient (Wildman–Crippen LogP) is 3.69. The third-order valence-electron chi connectivity index (χ3n) is 8.48. The molecule has 3 nitrogen and oxygen atoms in total. The second-order valence-corrected chi connectivity index (χ2v) is 9.32. The van der Waals surface area contributed by atoms with Gasteiger partial charge in [0.05, 0.1) is 11.5 Å². The van der Waals surface area contributed by atoms with Crippen LogP contribution in [0.15, 0.2) is 11.6 Å². The Hall–Kier alpha value is -0.960. The molecule has 4 aliphatic rings. The Morgan fingerprint density at radius 1 is 1.21 bits per heavy atom. The molecule has 0 aromatic carbocycles. The van der Waals surface area contributed by atoms with Crippen molar-refractivity contribution in [3.05, 3.63) is 11.6 Å². The molecule has 7 atom stereocenters. The van der Waals surface area contributed by atoms with E-state index < -0.39 is 5.41 Å². The zero-order valence-corrected chi connectivity index (χ0v) is 15.2. The summed E-state index contributed by atoms with van der Waals surface area (Å²) in [6.45, 7) is 6.03. The van der Waals surface area contributed by atoms with Gasteiger partial charge in [-0.1, -0.05) is 13.0 Å². The maximum absolute atomic E-state index is 13.2. The van der Waals surface area contributed by atoms with E-state index in [2.05, 4.69) is 13.0 Å². The molecule has 0 bridgehead atoms. The van der Waals surface area contributed by atoms with E-state index >= 15 is 0 Å². The minimum Gasteiger partial charge on any atom is -0.393 e. The van der Waals surface area contributed by atoms with Crippen LogP contribution in [0, 0.1) is 34.5 Å². The smallest absolute Gasteiger partial charge is 0.156 e. The maximum atomic E-state index is 13.2. The molecule has 0 aliphatic heterocycles. The van der Waals surface area contributed by atoms with Gasteiger partial charge in [-0.3, -0.25) is 9.59 Å². The van der Waals surface area contributed by atoms with Gasteiger partial charge in [-0.15, -0.1) is 0 Å². The van der Waals surface area contributed by atoms with Crippen LogP contribution in [0.2, 0.25) is 0 Å².